The molecule has 0 spiro atoms. The van der Waals surface area contributed by atoms with Gasteiger partial charge in [-0.1, -0.05) is 37.5 Å². The second kappa shape index (κ2) is 8.83. The number of rotatable bonds is 3. The molecule has 0 radical (unpaired) electrons. The van der Waals surface area contributed by atoms with Crippen LogP contribution in [-0.4, -0.2) is 54.0 Å². The van der Waals surface area contributed by atoms with Crippen LogP contribution >= 0.6 is 0 Å². The summed E-state index contributed by atoms with van der Waals surface area (Å²) in [5, 5.41) is 3.11. The Morgan fingerprint density at radius 2 is 1.65 bits per heavy atom. The van der Waals surface area contributed by atoms with Crippen LogP contribution in [0.3, 0.4) is 0 Å². The van der Waals surface area contributed by atoms with Gasteiger partial charge in [0, 0.05) is 43.9 Å². The summed E-state index contributed by atoms with van der Waals surface area (Å²) in [7, 11) is 0. The highest BCUT2D eigenvalue weighted by molar-refractivity contribution is 5.92. The zero-order valence-electron chi connectivity index (χ0n) is 15.0. The van der Waals surface area contributed by atoms with E-state index in [-0.39, 0.29) is 17.8 Å². The second-order valence-corrected chi connectivity index (χ2v) is 6.95. The molecule has 1 aliphatic carbocycles. The van der Waals surface area contributed by atoms with Crippen molar-refractivity contribution in [3.63, 3.8) is 0 Å². The van der Waals surface area contributed by atoms with Crippen LogP contribution in [-0.2, 0) is 4.79 Å². The molecule has 1 aliphatic heterocycles. The van der Waals surface area contributed by atoms with Crippen LogP contribution in [0.4, 0.5) is 9.18 Å². The molecule has 1 aromatic carbocycles. The predicted octanol–water partition coefficient (Wildman–Crippen LogP) is 3.03. The monoisotopic (exact) mass is 359 g/mol. The van der Waals surface area contributed by atoms with Gasteiger partial charge in [-0.25, -0.2) is 9.18 Å². The highest BCUT2D eigenvalue weighted by Gasteiger charge is 2.25. The molecule has 0 atom stereocenters. The van der Waals surface area contributed by atoms with E-state index in [2.05, 4.69) is 5.32 Å². The molecule has 140 valence electrons. The molecule has 2 fully saturated rings. The highest BCUT2D eigenvalue weighted by Crippen LogP contribution is 2.18. The van der Waals surface area contributed by atoms with Gasteiger partial charge < -0.3 is 15.1 Å². The van der Waals surface area contributed by atoms with Gasteiger partial charge in [0.05, 0.1) is 0 Å². The van der Waals surface area contributed by atoms with Crippen molar-refractivity contribution < 1.29 is 14.0 Å². The summed E-state index contributed by atoms with van der Waals surface area (Å²) in [4.78, 5) is 28.1. The summed E-state index contributed by atoms with van der Waals surface area (Å²) in [6.07, 6.45) is 8.64. The standard InChI is InChI=1S/C20H26FN3O2/c21-18-9-5-4-6-16(18)10-11-19(25)23-12-14-24(15-13-23)20(26)22-17-7-2-1-3-8-17/h4-6,9-11,17H,1-3,7-8,12-15H2,(H,22,26)/b11-10+. The summed E-state index contributed by atoms with van der Waals surface area (Å²) in [6.45, 7) is 2.05. The molecule has 1 saturated carbocycles. The van der Waals surface area contributed by atoms with E-state index in [9.17, 15) is 14.0 Å². The number of benzene rings is 1. The van der Waals surface area contributed by atoms with Gasteiger partial charge in [-0.15, -0.1) is 0 Å². The Labute approximate surface area is 153 Å². The van der Waals surface area contributed by atoms with Crippen LogP contribution in [0, 0.1) is 5.82 Å². The van der Waals surface area contributed by atoms with Gasteiger partial charge in [0.1, 0.15) is 5.82 Å². The average molecular weight is 359 g/mol. The number of nitrogens with zero attached hydrogens (tertiary/aromatic N) is 2. The molecule has 0 bridgehead atoms. The van der Waals surface area contributed by atoms with Crippen LogP contribution in [0.25, 0.3) is 6.08 Å². The Kier molecular flexibility index (Phi) is 6.26. The number of amides is 3. The Morgan fingerprint density at radius 1 is 1.00 bits per heavy atom. The van der Waals surface area contributed by atoms with Crippen molar-refractivity contribution in [2.24, 2.45) is 0 Å². The number of hydrogen-bond donors (Lipinski definition) is 1. The SMILES string of the molecule is O=C(/C=C/c1ccccc1F)N1CCN(C(=O)NC2CCCCC2)CC1. The van der Waals surface area contributed by atoms with Gasteiger partial charge in [0.2, 0.25) is 5.91 Å². The van der Waals surface area contributed by atoms with Gasteiger partial charge in [0.25, 0.3) is 0 Å². The number of carbonyl (C=O) groups excluding carboxylic acids is 2. The molecule has 1 aromatic rings. The fraction of sp³-hybridized carbons (Fsp3) is 0.500. The molecule has 0 aromatic heterocycles. The number of piperazine rings is 1. The zero-order valence-corrected chi connectivity index (χ0v) is 15.0. The lowest BCUT2D eigenvalue weighted by atomic mass is 9.96. The van der Waals surface area contributed by atoms with Crippen molar-refractivity contribution >= 4 is 18.0 Å². The third-order valence-electron chi connectivity index (χ3n) is 5.12. The van der Waals surface area contributed by atoms with E-state index < -0.39 is 0 Å². The molecule has 1 saturated heterocycles. The third kappa shape index (κ3) is 4.84. The van der Waals surface area contributed by atoms with E-state index in [0.717, 1.165) is 12.8 Å². The Bertz CT molecular complexity index is 663. The van der Waals surface area contributed by atoms with Crippen molar-refractivity contribution in [1.29, 1.82) is 0 Å². The summed E-state index contributed by atoms with van der Waals surface area (Å²) < 4.78 is 13.6. The van der Waals surface area contributed by atoms with Gasteiger partial charge in [-0.2, -0.15) is 0 Å². The van der Waals surface area contributed by atoms with Crippen molar-refractivity contribution in [1.82, 2.24) is 15.1 Å². The number of nitrogens with one attached hydrogen (secondary N) is 1. The minimum absolute atomic E-state index is 0.0223. The molecular weight excluding hydrogens is 333 g/mol. The summed E-state index contributed by atoms with van der Waals surface area (Å²) in [5.41, 5.74) is 0.395. The van der Waals surface area contributed by atoms with E-state index >= 15 is 0 Å². The number of carbonyl (C=O) groups is 2. The summed E-state index contributed by atoms with van der Waals surface area (Å²) in [5.74, 6) is -0.499. The number of hydrogen-bond acceptors (Lipinski definition) is 2. The number of halogens is 1. The zero-order chi connectivity index (χ0) is 18.4. The molecule has 2 aliphatic rings. The lowest BCUT2D eigenvalue weighted by molar-refractivity contribution is -0.127. The molecule has 1 heterocycles. The lowest BCUT2D eigenvalue weighted by Crippen LogP contribution is -2.54. The molecular formula is C20H26FN3O2. The summed E-state index contributed by atoms with van der Waals surface area (Å²) in [6, 6.07) is 6.62. The molecule has 6 heteroatoms. The van der Waals surface area contributed by atoms with Gasteiger partial charge in [0.15, 0.2) is 0 Å². The van der Waals surface area contributed by atoms with E-state index in [0.29, 0.717) is 37.8 Å². The van der Waals surface area contributed by atoms with Crippen molar-refractivity contribution in [3.05, 3.63) is 41.7 Å². The maximum atomic E-state index is 13.6. The normalized spacial score (nSPS) is 19.0. The quantitative estimate of drug-likeness (QED) is 0.844. The maximum Gasteiger partial charge on any atom is 0.317 e. The van der Waals surface area contributed by atoms with Crippen molar-refractivity contribution in [3.8, 4) is 0 Å². The van der Waals surface area contributed by atoms with E-state index in [1.165, 1.54) is 37.5 Å². The Morgan fingerprint density at radius 3 is 2.35 bits per heavy atom. The first kappa shape index (κ1) is 18.4. The minimum atomic E-state index is -0.347. The molecule has 1 N–H and O–H groups in total. The fourth-order valence-electron chi connectivity index (χ4n) is 3.52. The van der Waals surface area contributed by atoms with E-state index in [1.807, 2.05) is 0 Å². The first-order valence-electron chi connectivity index (χ1n) is 9.40. The fourth-order valence-corrected chi connectivity index (χ4v) is 3.52. The predicted molar refractivity (Wildman–Crippen MR) is 99.0 cm³/mol. The summed E-state index contributed by atoms with van der Waals surface area (Å²) >= 11 is 0. The molecule has 26 heavy (non-hydrogen) atoms. The highest BCUT2D eigenvalue weighted by atomic mass is 19.1. The van der Waals surface area contributed by atoms with Crippen LogP contribution in [0.15, 0.2) is 30.3 Å². The van der Waals surface area contributed by atoms with Gasteiger partial charge >= 0.3 is 6.03 Å². The van der Waals surface area contributed by atoms with Crippen LogP contribution < -0.4 is 5.32 Å². The second-order valence-electron chi connectivity index (χ2n) is 6.95. The van der Waals surface area contributed by atoms with Crippen LogP contribution in [0.5, 0.6) is 0 Å². The molecule has 3 rings (SSSR count). The molecule has 0 unspecified atom stereocenters. The van der Waals surface area contributed by atoms with Crippen molar-refractivity contribution in [2.75, 3.05) is 26.2 Å². The lowest BCUT2D eigenvalue weighted by Gasteiger charge is -2.35. The topological polar surface area (TPSA) is 52.7 Å². The van der Waals surface area contributed by atoms with Crippen molar-refractivity contribution in [2.45, 2.75) is 38.1 Å². The first-order chi connectivity index (χ1) is 12.6. The number of urea groups is 1. The molecule has 5 nitrogen and oxygen atoms in total. The maximum absolute atomic E-state index is 13.6. The smallest absolute Gasteiger partial charge is 0.317 e. The Hall–Kier alpha value is -2.37. The third-order valence-corrected chi connectivity index (χ3v) is 5.12. The van der Waals surface area contributed by atoms with Crippen LogP contribution in [0.2, 0.25) is 0 Å². The minimum Gasteiger partial charge on any atom is -0.336 e. The Balaban J connectivity index is 1.46. The molecule has 3 amide bonds. The first-order valence-corrected chi connectivity index (χ1v) is 9.40. The van der Waals surface area contributed by atoms with E-state index in [1.54, 1.807) is 28.0 Å². The average Bonchev–Trinajstić information content (AvgIpc) is 2.68. The van der Waals surface area contributed by atoms with E-state index in [4.69, 9.17) is 0 Å². The van der Waals surface area contributed by atoms with Gasteiger partial charge in [-0.3, -0.25) is 4.79 Å². The van der Waals surface area contributed by atoms with Crippen LogP contribution in [0.1, 0.15) is 37.7 Å². The largest absolute Gasteiger partial charge is 0.336 e. The van der Waals surface area contributed by atoms with Gasteiger partial charge in [-0.05, 0) is 25.0 Å².